The molecule has 0 radical (unpaired) electrons. The lowest BCUT2D eigenvalue weighted by Gasteiger charge is -2.48. The van der Waals surface area contributed by atoms with E-state index in [1.807, 2.05) is 29.2 Å². The highest BCUT2D eigenvalue weighted by Gasteiger charge is 2.49. The van der Waals surface area contributed by atoms with Gasteiger partial charge in [0.15, 0.2) is 0 Å². The molecule has 24 heavy (non-hydrogen) atoms. The van der Waals surface area contributed by atoms with Crippen LogP contribution in [0, 0.1) is 5.92 Å². The maximum absolute atomic E-state index is 12.5. The highest BCUT2D eigenvalue weighted by molar-refractivity contribution is 6.30. The van der Waals surface area contributed by atoms with Gasteiger partial charge in [0.1, 0.15) is 0 Å². The first-order valence-corrected chi connectivity index (χ1v) is 9.53. The molecule has 130 valence electrons. The average molecular weight is 348 g/mol. The molecule has 3 fully saturated rings. The van der Waals surface area contributed by atoms with E-state index < -0.39 is 0 Å². The molecular formula is C19H26ClN3O. The van der Waals surface area contributed by atoms with Gasteiger partial charge in [-0.25, -0.2) is 4.79 Å². The van der Waals surface area contributed by atoms with E-state index in [0.29, 0.717) is 11.1 Å². The minimum absolute atomic E-state index is 0.0110. The zero-order valence-corrected chi connectivity index (χ0v) is 15.1. The van der Waals surface area contributed by atoms with Gasteiger partial charge in [-0.1, -0.05) is 24.1 Å². The molecule has 2 atom stereocenters. The van der Waals surface area contributed by atoms with Gasteiger partial charge >= 0.3 is 6.03 Å². The Morgan fingerprint density at radius 1 is 1.38 bits per heavy atom. The number of urea groups is 1. The van der Waals surface area contributed by atoms with E-state index in [0.717, 1.165) is 37.5 Å². The Morgan fingerprint density at radius 2 is 2.21 bits per heavy atom. The quantitative estimate of drug-likeness (QED) is 0.900. The van der Waals surface area contributed by atoms with Gasteiger partial charge in [-0.2, -0.15) is 0 Å². The normalized spacial score (nSPS) is 31.3. The van der Waals surface area contributed by atoms with Crippen molar-refractivity contribution in [2.45, 2.75) is 50.6 Å². The Labute approximate surface area is 149 Å². The van der Waals surface area contributed by atoms with Gasteiger partial charge in [-0.15, -0.1) is 0 Å². The predicted molar refractivity (Wildman–Crippen MR) is 97.7 cm³/mol. The summed E-state index contributed by atoms with van der Waals surface area (Å²) in [5.74, 6) is 0.897. The molecule has 1 aliphatic carbocycles. The molecule has 2 saturated heterocycles. The van der Waals surface area contributed by atoms with Crippen LogP contribution in [0.5, 0.6) is 0 Å². The summed E-state index contributed by atoms with van der Waals surface area (Å²) in [4.78, 5) is 17.1. The van der Waals surface area contributed by atoms with Crippen LogP contribution in [0.4, 0.5) is 10.5 Å². The van der Waals surface area contributed by atoms with Crippen LogP contribution >= 0.6 is 11.6 Å². The first-order chi connectivity index (χ1) is 11.6. The lowest BCUT2D eigenvalue weighted by molar-refractivity contribution is 0.0779. The molecule has 0 aromatic heterocycles. The SMILES string of the molecule is C[C@H]1C[C@]2(CCN1CC1CCC1)CNC(=O)N2c1cccc(Cl)c1. The summed E-state index contributed by atoms with van der Waals surface area (Å²) in [5.41, 5.74) is 0.800. The Bertz CT molecular complexity index is 633. The molecule has 4 rings (SSSR count). The van der Waals surface area contributed by atoms with Crippen LogP contribution in [0.2, 0.25) is 5.02 Å². The van der Waals surface area contributed by atoms with Crippen molar-refractivity contribution in [3.63, 3.8) is 0 Å². The summed E-state index contributed by atoms with van der Waals surface area (Å²) >= 11 is 6.16. The van der Waals surface area contributed by atoms with Crippen LogP contribution in [0.3, 0.4) is 0 Å². The molecular weight excluding hydrogens is 322 g/mol. The van der Waals surface area contributed by atoms with Gasteiger partial charge in [-0.05, 0) is 56.7 Å². The minimum atomic E-state index is -0.114. The van der Waals surface area contributed by atoms with Crippen LogP contribution in [0.25, 0.3) is 0 Å². The number of carbonyl (C=O) groups is 1. The summed E-state index contributed by atoms with van der Waals surface area (Å²) in [6.45, 7) is 5.36. The zero-order valence-electron chi connectivity index (χ0n) is 14.3. The van der Waals surface area contributed by atoms with Crippen LogP contribution in [-0.2, 0) is 0 Å². The topological polar surface area (TPSA) is 35.6 Å². The summed E-state index contributed by atoms with van der Waals surface area (Å²) in [6, 6.07) is 8.19. The fourth-order valence-corrected chi connectivity index (χ4v) is 4.80. The third-order valence-corrected chi connectivity index (χ3v) is 6.43. The van der Waals surface area contributed by atoms with Crippen LogP contribution in [0.15, 0.2) is 24.3 Å². The molecule has 1 N–H and O–H groups in total. The van der Waals surface area contributed by atoms with E-state index in [-0.39, 0.29) is 11.6 Å². The number of carbonyl (C=O) groups excluding carboxylic acids is 1. The second-order valence-corrected chi connectivity index (χ2v) is 8.23. The lowest BCUT2D eigenvalue weighted by Crippen LogP contribution is -2.58. The summed E-state index contributed by atoms with van der Waals surface area (Å²) in [7, 11) is 0. The molecule has 1 aromatic rings. The number of hydrogen-bond acceptors (Lipinski definition) is 2. The summed E-state index contributed by atoms with van der Waals surface area (Å²) in [5, 5.41) is 3.75. The van der Waals surface area contributed by atoms with Crippen molar-refractivity contribution in [3.8, 4) is 0 Å². The van der Waals surface area contributed by atoms with E-state index in [1.54, 1.807) is 0 Å². The van der Waals surface area contributed by atoms with Gasteiger partial charge in [0, 0.05) is 36.4 Å². The van der Waals surface area contributed by atoms with E-state index in [2.05, 4.69) is 17.1 Å². The van der Waals surface area contributed by atoms with Crippen LogP contribution in [0.1, 0.15) is 39.0 Å². The van der Waals surface area contributed by atoms with Crippen molar-refractivity contribution in [1.29, 1.82) is 0 Å². The third-order valence-electron chi connectivity index (χ3n) is 6.19. The molecule has 0 unspecified atom stereocenters. The Morgan fingerprint density at radius 3 is 2.88 bits per heavy atom. The summed E-state index contributed by atoms with van der Waals surface area (Å²) < 4.78 is 0. The van der Waals surface area contributed by atoms with E-state index in [9.17, 15) is 4.79 Å². The lowest BCUT2D eigenvalue weighted by atomic mass is 9.80. The maximum Gasteiger partial charge on any atom is 0.322 e. The van der Waals surface area contributed by atoms with Gasteiger partial charge in [-0.3, -0.25) is 4.90 Å². The highest BCUT2D eigenvalue weighted by atomic mass is 35.5. The molecule has 1 saturated carbocycles. The number of amides is 2. The number of benzene rings is 1. The second-order valence-electron chi connectivity index (χ2n) is 7.79. The zero-order chi connectivity index (χ0) is 16.7. The summed E-state index contributed by atoms with van der Waals surface area (Å²) in [6.07, 6.45) is 6.23. The first-order valence-electron chi connectivity index (χ1n) is 9.15. The standard InChI is InChI=1S/C19H26ClN3O/c1-14-11-19(8-9-22(14)12-15-4-2-5-15)13-21-18(24)23(19)17-7-3-6-16(20)10-17/h3,6-7,10,14-15H,2,4-5,8-9,11-13H2,1H3,(H,21,24)/t14-,19+/m0/s1. The van der Waals surface area contributed by atoms with Gasteiger partial charge in [0.25, 0.3) is 0 Å². The largest absolute Gasteiger partial charge is 0.335 e. The van der Waals surface area contributed by atoms with Crippen molar-refractivity contribution in [2.75, 3.05) is 24.5 Å². The van der Waals surface area contributed by atoms with Crippen molar-refractivity contribution in [3.05, 3.63) is 29.3 Å². The molecule has 4 nitrogen and oxygen atoms in total. The molecule has 1 spiro atoms. The molecule has 0 bridgehead atoms. The monoisotopic (exact) mass is 347 g/mol. The predicted octanol–water partition coefficient (Wildman–Crippen LogP) is 3.89. The van der Waals surface area contributed by atoms with Crippen molar-refractivity contribution in [1.82, 2.24) is 10.2 Å². The molecule has 1 aromatic carbocycles. The fourth-order valence-electron chi connectivity index (χ4n) is 4.62. The first kappa shape index (κ1) is 16.2. The average Bonchev–Trinajstić information content (AvgIpc) is 2.81. The number of hydrogen-bond donors (Lipinski definition) is 1. The van der Waals surface area contributed by atoms with E-state index >= 15 is 0 Å². The number of anilines is 1. The maximum atomic E-state index is 12.5. The van der Waals surface area contributed by atoms with Gasteiger partial charge in [0.05, 0.1) is 5.54 Å². The number of likely N-dealkylation sites (tertiary alicyclic amines) is 1. The number of nitrogens with zero attached hydrogens (tertiary/aromatic N) is 2. The number of halogens is 1. The molecule has 2 heterocycles. The third kappa shape index (κ3) is 2.80. The van der Waals surface area contributed by atoms with Crippen LogP contribution in [-0.4, -0.2) is 42.1 Å². The molecule has 2 aliphatic heterocycles. The number of nitrogens with one attached hydrogen (secondary N) is 1. The number of piperidine rings is 1. The van der Waals surface area contributed by atoms with Gasteiger partial charge < -0.3 is 10.2 Å². The van der Waals surface area contributed by atoms with Crippen molar-refractivity contribution in [2.24, 2.45) is 5.92 Å². The Kier molecular flexibility index (Phi) is 4.21. The van der Waals surface area contributed by atoms with E-state index in [4.69, 9.17) is 11.6 Å². The van der Waals surface area contributed by atoms with Gasteiger partial charge in [0.2, 0.25) is 0 Å². The fraction of sp³-hybridized carbons (Fsp3) is 0.632. The highest BCUT2D eigenvalue weighted by Crippen LogP contribution is 2.40. The van der Waals surface area contributed by atoms with Crippen molar-refractivity contribution < 1.29 is 4.79 Å². The smallest absolute Gasteiger partial charge is 0.322 e. The minimum Gasteiger partial charge on any atom is -0.335 e. The Balaban J connectivity index is 1.54. The Hall–Kier alpha value is -1.26. The molecule has 3 aliphatic rings. The molecule has 2 amide bonds. The van der Waals surface area contributed by atoms with Crippen LogP contribution < -0.4 is 10.2 Å². The van der Waals surface area contributed by atoms with E-state index in [1.165, 1.54) is 25.8 Å². The number of rotatable bonds is 3. The second kappa shape index (κ2) is 6.23. The molecule has 5 heteroatoms. The van der Waals surface area contributed by atoms with Crippen molar-refractivity contribution >= 4 is 23.3 Å².